The number of carbonyl (C=O) groups excluding carboxylic acids is 1. The van der Waals surface area contributed by atoms with E-state index < -0.39 is 0 Å². The van der Waals surface area contributed by atoms with Crippen LogP contribution in [0.2, 0.25) is 0 Å². The van der Waals surface area contributed by atoms with E-state index in [1.54, 1.807) is 18.3 Å². The van der Waals surface area contributed by atoms with E-state index in [0.29, 0.717) is 23.6 Å². The Labute approximate surface area is 129 Å². The van der Waals surface area contributed by atoms with Gasteiger partial charge in [0.25, 0.3) is 5.91 Å². The molecular formula is C17H18N2O3. The van der Waals surface area contributed by atoms with Crippen LogP contribution in [-0.2, 0) is 6.42 Å². The number of carbonyl (C=O) groups is 1. The highest BCUT2D eigenvalue weighted by molar-refractivity contribution is 6.05. The zero-order valence-corrected chi connectivity index (χ0v) is 12.6. The maximum Gasteiger partial charge on any atom is 0.257 e. The highest BCUT2D eigenvalue weighted by Crippen LogP contribution is 2.38. The molecule has 0 spiro atoms. The van der Waals surface area contributed by atoms with E-state index in [1.807, 2.05) is 26.0 Å². The van der Waals surface area contributed by atoms with Crippen LogP contribution in [0.25, 0.3) is 0 Å². The van der Waals surface area contributed by atoms with Crippen LogP contribution in [-0.4, -0.2) is 23.6 Å². The molecule has 0 saturated heterocycles. The summed E-state index contributed by atoms with van der Waals surface area (Å²) in [6.45, 7) is 4.47. The molecule has 22 heavy (non-hydrogen) atoms. The van der Waals surface area contributed by atoms with Gasteiger partial charge in [-0.05, 0) is 32.0 Å². The lowest BCUT2D eigenvalue weighted by molar-refractivity contribution is 0.102. The zero-order chi connectivity index (χ0) is 15.5. The van der Waals surface area contributed by atoms with Gasteiger partial charge < -0.3 is 14.8 Å². The van der Waals surface area contributed by atoms with Crippen molar-refractivity contribution in [2.24, 2.45) is 0 Å². The molecule has 114 valence electrons. The van der Waals surface area contributed by atoms with Crippen molar-refractivity contribution < 1.29 is 14.3 Å². The predicted molar refractivity (Wildman–Crippen MR) is 83.6 cm³/mol. The van der Waals surface area contributed by atoms with Crippen molar-refractivity contribution in [1.82, 2.24) is 4.98 Å². The van der Waals surface area contributed by atoms with Crippen molar-refractivity contribution >= 4 is 11.6 Å². The van der Waals surface area contributed by atoms with E-state index in [1.165, 1.54) is 6.20 Å². The van der Waals surface area contributed by atoms with Crippen LogP contribution in [0, 0.1) is 0 Å². The van der Waals surface area contributed by atoms with Crippen LogP contribution in [0.5, 0.6) is 11.5 Å². The first-order valence-electron chi connectivity index (χ1n) is 7.35. The molecule has 5 heteroatoms. The molecule has 1 N–H and O–H groups in total. The Balaban J connectivity index is 1.89. The fourth-order valence-corrected chi connectivity index (χ4v) is 2.50. The zero-order valence-electron chi connectivity index (χ0n) is 12.6. The molecule has 0 bridgehead atoms. The quantitative estimate of drug-likeness (QED) is 0.942. The highest BCUT2D eigenvalue weighted by Gasteiger charge is 2.22. The van der Waals surface area contributed by atoms with Gasteiger partial charge in [-0.2, -0.15) is 0 Å². The molecule has 1 aliphatic heterocycles. The van der Waals surface area contributed by atoms with Gasteiger partial charge in [0.1, 0.15) is 17.6 Å². The van der Waals surface area contributed by atoms with Gasteiger partial charge in [0.15, 0.2) is 0 Å². The summed E-state index contributed by atoms with van der Waals surface area (Å²) < 4.78 is 11.4. The molecular weight excluding hydrogens is 280 g/mol. The number of nitrogens with zero attached hydrogens (tertiary/aromatic N) is 1. The number of ether oxygens (including phenoxy) is 2. The van der Waals surface area contributed by atoms with E-state index in [9.17, 15) is 4.79 Å². The molecule has 1 aliphatic rings. The van der Waals surface area contributed by atoms with Crippen molar-refractivity contribution in [2.75, 3.05) is 11.9 Å². The van der Waals surface area contributed by atoms with Crippen LogP contribution >= 0.6 is 0 Å². The van der Waals surface area contributed by atoms with Gasteiger partial charge in [-0.1, -0.05) is 0 Å². The summed E-state index contributed by atoms with van der Waals surface area (Å²) in [7, 11) is 0. The maximum absolute atomic E-state index is 12.3. The Morgan fingerprint density at radius 1 is 1.50 bits per heavy atom. The second kappa shape index (κ2) is 6.05. The summed E-state index contributed by atoms with van der Waals surface area (Å²) in [6, 6.07) is 7.22. The fraction of sp³-hybridized carbons (Fsp3) is 0.294. The molecule has 1 amide bonds. The van der Waals surface area contributed by atoms with E-state index in [2.05, 4.69) is 10.3 Å². The number of fused-ring (bicyclic) bond motifs is 1. The molecule has 1 aromatic heterocycles. The van der Waals surface area contributed by atoms with Crippen LogP contribution < -0.4 is 14.8 Å². The third kappa shape index (κ3) is 2.88. The molecule has 0 fully saturated rings. The van der Waals surface area contributed by atoms with Gasteiger partial charge >= 0.3 is 0 Å². The van der Waals surface area contributed by atoms with Crippen LogP contribution in [0.1, 0.15) is 29.8 Å². The van der Waals surface area contributed by atoms with Gasteiger partial charge in [-0.15, -0.1) is 0 Å². The van der Waals surface area contributed by atoms with E-state index in [4.69, 9.17) is 9.47 Å². The standard InChI is InChI=1S/C17H18N2O3/c1-3-21-16-8-13-7-11(2)22-15(13)9-14(16)19-17(20)12-5-4-6-18-10-12/h4-6,8-11H,3,7H2,1-2H3,(H,19,20)/t11-/m0/s1. The van der Waals surface area contributed by atoms with Crippen molar-refractivity contribution in [2.45, 2.75) is 26.4 Å². The molecule has 0 aliphatic carbocycles. The van der Waals surface area contributed by atoms with Crippen LogP contribution in [0.15, 0.2) is 36.7 Å². The van der Waals surface area contributed by atoms with Gasteiger partial charge in [0.2, 0.25) is 0 Å². The second-order valence-electron chi connectivity index (χ2n) is 5.22. The topological polar surface area (TPSA) is 60.5 Å². The lowest BCUT2D eigenvalue weighted by Crippen LogP contribution is -2.13. The third-order valence-electron chi connectivity index (χ3n) is 3.47. The summed E-state index contributed by atoms with van der Waals surface area (Å²) in [6.07, 6.45) is 4.16. The van der Waals surface area contributed by atoms with Gasteiger partial charge in [0, 0.05) is 30.4 Å². The molecule has 0 unspecified atom stereocenters. The Morgan fingerprint density at radius 2 is 2.36 bits per heavy atom. The summed E-state index contributed by atoms with van der Waals surface area (Å²) in [5.74, 6) is 1.24. The molecule has 5 nitrogen and oxygen atoms in total. The van der Waals surface area contributed by atoms with Crippen molar-refractivity contribution in [3.8, 4) is 11.5 Å². The number of pyridine rings is 1. The van der Waals surface area contributed by atoms with Gasteiger partial charge in [0.05, 0.1) is 17.9 Å². The average Bonchev–Trinajstić information content (AvgIpc) is 2.87. The predicted octanol–water partition coefficient (Wildman–Crippen LogP) is 3.06. The molecule has 2 heterocycles. The highest BCUT2D eigenvalue weighted by atomic mass is 16.5. The number of hydrogen-bond donors (Lipinski definition) is 1. The maximum atomic E-state index is 12.3. The molecule has 0 saturated carbocycles. The first kappa shape index (κ1) is 14.4. The number of anilines is 1. The summed E-state index contributed by atoms with van der Waals surface area (Å²) in [5.41, 5.74) is 2.22. The number of hydrogen-bond acceptors (Lipinski definition) is 4. The molecule has 2 aromatic rings. The second-order valence-corrected chi connectivity index (χ2v) is 5.22. The monoisotopic (exact) mass is 298 g/mol. The smallest absolute Gasteiger partial charge is 0.257 e. The van der Waals surface area contributed by atoms with Gasteiger partial charge in [-0.3, -0.25) is 9.78 Å². The van der Waals surface area contributed by atoms with Crippen LogP contribution in [0.4, 0.5) is 5.69 Å². The molecule has 1 atom stereocenters. The Morgan fingerprint density at radius 3 is 3.09 bits per heavy atom. The van der Waals surface area contributed by atoms with E-state index in [0.717, 1.165) is 17.7 Å². The van der Waals surface area contributed by atoms with Gasteiger partial charge in [-0.25, -0.2) is 0 Å². The minimum absolute atomic E-state index is 0.147. The van der Waals surface area contributed by atoms with Crippen molar-refractivity contribution in [1.29, 1.82) is 0 Å². The minimum Gasteiger partial charge on any atom is -0.492 e. The van der Waals surface area contributed by atoms with E-state index >= 15 is 0 Å². The number of rotatable bonds is 4. The Kier molecular flexibility index (Phi) is 3.96. The summed E-state index contributed by atoms with van der Waals surface area (Å²) in [4.78, 5) is 16.2. The van der Waals surface area contributed by atoms with Crippen molar-refractivity contribution in [3.05, 3.63) is 47.8 Å². The minimum atomic E-state index is -0.222. The lowest BCUT2D eigenvalue weighted by atomic mass is 10.1. The Bertz CT molecular complexity index is 686. The summed E-state index contributed by atoms with van der Waals surface area (Å²) in [5, 5.41) is 2.87. The summed E-state index contributed by atoms with van der Waals surface area (Å²) >= 11 is 0. The van der Waals surface area contributed by atoms with Crippen LogP contribution in [0.3, 0.4) is 0 Å². The first-order valence-corrected chi connectivity index (χ1v) is 7.35. The number of aromatic nitrogens is 1. The largest absolute Gasteiger partial charge is 0.492 e. The number of nitrogens with one attached hydrogen (secondary N) is 1. The molecule has 3 rings (SSSR count). The average molecular weight is 298 g/mol. The number of benzene rings is 1. The van der Waals surface area contributed by atoms with Crippen molar-refractivity contribution in [3.63, 3.8) is 0 Å². The molecule has 0 radical (unpaired) electrons. The third-order valence-corrected chi connectivity index (χ3v) is 3.47. The fourth-order valence-electron chi connectivity index (χ4n) is 2.50. The Hall–Kier alpha value is -2.56. The normalized spacial score (nSPS) is 15.8. The lowest BCUT2D eigenvalue weighted by Gasteiger charge is -2.13. The SMILES string of the molecule is CCOc1cc2c(cc1NC(=O)c1cccnc1)O[C@@H](C)C2. The molecule has 1 aromatic carbocycles. The first-order chi connectivity index (χ1) is 10.7. The van der Waals surface area contributed by atoms with E-state index in [-0.39, 0.29) is 12.0 Å². The number of amides is 1.